The number of imidazole rings is 1. The molecule has 96 valence electrons. The zero-order valence-corrected chi connectivity index (χ0v) is 10.4. The molecule has 0 amide bonds. The van der Waals surface area contributed by atoms with E-state index in [9.17, 15) is 4.79 Å². The van der Waals surface area contributed by atoms with Gasteiger partial charge in [0.25, 0.3) is 0 Å². The Hall–Kier alpha value is -1.95. The van der Waals surface area contributed by atoms with E-state index < -0.39 is 5.97 Å². The number of hydrogen-bond acceptors (Lipinski definition) is 4. The fourth-order valence-electron chi connectivity index (χ4n) is 1.84. The molecule has 0 spiro atoms. The zero-order chi connectivity index (χ0) is 13.1. The molecule has 0 bridgehead atoms. The van der Waals surface area contributed by atoms with Crippen molar-refractivity contribution in [3.63, 3.8) is 0 Å². The van der Waals surface area contributed by atoms with Gasteiger partial charge in [0.1, 0.15) is 0 Å². The molecule has 0 saturated carbocycles. The smallest absolute Gasteiger partial charge is 0.307 e. The topological polar surface area (TPSA) is 70.7 Å². The van der Waals surface area contributed by atoms with Gasteiger partial charge in [-0.05, 0) is 13.1 Å². The monoisotopic (exact) mass is 248 g/mol. The van der Waals surface area contributed by atoms with Crippen molar-refractivity contribution >= 4 is 11.7 Å². The Bertz CT molecular complexity index is 519. The van der Waals surface area contributed by atoms with E-state index in [4.69, 9.17) is 5.11 Å². The zero-order valence-electron chi connectivity index (χ0n) is 10.4. The third-order valence-corrected chi connectivity index (χ3v) is 2.72. The molecule has 18 heavy (non-hydrogen) atoms. The fraction of sp³-hybridized carbons (Fsp3) is 0.417. The van der Waals surface area contributed by atoms with E-state index in [0.29, 0.717) is 18.9 Å². The lowest BCUT2D eigenvalue weighted by Crippen LogP contribution is -2.28. The molecular weight excluding hydrogens is 232 g/mol. The van der Waals surface area contributed by atoms with E-state index in [1.807, 2.05) is 34.8 Å². The van der Waals surface area contributed by atoms with Crippen LogP contribution in [0.1, 0.15) is 12.6 Å². The SMILES string of the molecule is CC(CN(C)Cc1cn2cccnc2n1)C(=O)O. The summed E-state index contributed by atoms with van der Waals surface area (Å²) >= 11 is 0. The second-order valence-corrected chi connectivity index (χ2v) is 4.50. The molecule has 0 fully saturated rings. The summed E-state index contributed by atoms with van der Waals surface area (Å²) in [5.41, 5.74) is 0.883. The molecule has 1 N–H and O–H groups in total. The first-order chi connectivity index (χ1) is 8.56. The molecule has 0 aliphatic rings. The highest BCUT2D eigenvalue weighted by Crippen LogP contribution is 2.06. The Morgan fingerprint density at radius 3 is 3.06 bits per heavy atom. The van der Waals surface area contributed by atoms with Crippen LogP contribution in [0.2, 0.25) is 0 Å². The first-order valence-corrected chi connectivity index (χ1v) is 5.76. The molecule has 0 radical (unpaired) electrons. The van der Waals surface area contributed by atoms with Crippen molar-refractivity contribution in [1.82, 2.24) is 19.3 Å². The van der Waals surface area contributed by atoms with Gasteiger partial charge >= 0.3 is 5.97 Å². The highest BCUT2D eigenvalue weighted by molar-refractivity contribution is 5.69. The van der Waals surface area contributed by atoms with E-state index in [1.165, 1.54) is 0 Å². The van der Waals surface area contributed by atoms with Crippen LogP contribution in [-0.4, -0.2) is 43.9 Å². The first-order valence-electron chi connectivity index (χ1n) is 5.76. The third kappa shape index (κ3) is 2.84. The van der Waals surface area contributed by atoms with E-state index in [-0.39, 0.29) is 5.92 Å². The largest absolute Gasteiger partial charge is 0.481 e. The van der Waals surface area contributed by atoms with Crippen molar-refractivity contribution < 1.29 is 9.90 Å². The Morgan fingerprint density at radius 2 is 2.39 bits per heavy atom. The number of carbonyl (C=O) groups is 1. The first kappa shape index (κ1) is 12.5. The maximum Gasteiger partial charge on any atom is 0.307 e. The van der Waals surface area contributed by atoms with Gasteiger partial charge in [-0.2, -0.15) is 0 Å². The van der Waals surface area contributed by atoms with Crippen LogP contribution >= 0.6 is 0 Å². The lowest BCUT2D eigenvalue weighted by molar-refractivity contribution is -0.141. The molecule has 1 atom stereocenters. The van der Waals surface area contributed by atoms with Gasteiger partial charge in [-0.1, -0.05) is 6.92 Å². The molecule has 2 heterocycles. The Labute approximate surface area is 105 Å². The highest BCUT2D eigenvalue weighted by atomic mass is 16.4. The van der Waals surface area contributed by atoms with Crippen molar-refractivity contribution in [2.24, 2.45) is 5.92 Å². The van der Waals surface area contributed by atoms with Gasteiger partial charge < -0.3 is 5.11 Å². The molecule has 0 aliphatic heterocycles. The predicted octanol–water partition coefficient (Wildman–Crippen LogP) is 0.882. The summed E-state index contributed by atoms with van der Waals surface area (Å²) in [6.07, 6.45) is 5.49. The van der Waals surface area contributed by atoms with E-state index in [1.54, 1.807) is 13.1 Å². The molecule has 2 rings (SSSR count). The van der Waals surface area contributed by atoms with Crippen LogP contribution in [0, 0.1) is 5.92 Å². The minimum absolute atomic E-state index is 0.384. The summed E-state index contributed by atoms with van der Waals surface area (Å²) in [5, 5.41) is 8.85. The van der Waals surface area contributed by atoms with Crippen molar-refractivity contribution in [3.8, 4) is 0 Å². The second kappa shape index (κ2) is 5.14. The van der Waals surface area contributed by atoms with Crippen LogP contribution in [0.4, 0.5) is 0 Å². The van der Waals surface area contributed by atoms with Crippen LogP contribution in [0.15, 0.2) is 24.7 Å². The minimum atomic E-state index is -0.779. The van der Waals surface area contributed by atoms with E-state index >= 15 is 0 Å². The van der Waals surface area contributed by atoms with Gasteiger partial charge in [0.05, 0.1) is 11.6 Å². The molecule has 2 aromatic rings. The van der Waals surface area contributed by atoms with Crippen molar-refractivity contribution in [2.45, 2.75) is 13.5 Å². The van der Waals surface area contributed by atoms with Crippen LogP contribution in [-0.2, 0) is 11.3 Å². The molecule has 0 saturated heterocycles. The number of hydrogen-bond donors (Lipinski definition) is 1. The molecule has 1 unspecified atom stereocenters. The average Bonchev–Trinajstić information content (AvgIpc) is 2.70. The number of nitrogens with zero attached hydrogens (tertiary/aromatic N) is 4. The lowest BCUT2D eigenvalue weighted by Gasteiger charge is -2.17. The van der Waals surface area contributed by atoms with Gasteiger partial charge in [0, 0.05) is 31.7 Å². The molecule has 2 aromatic heterocycles. The standard InChI is InChI=1S/C12H16N4O2/c1-9(11(17)18)6-15(2)7-10-8-16-5-3-4-13-12(16)14-10/h3-5,8-9H,6-7H2,1-2H3,(H,17,18). The number of aliphatic carboxylic acids is 1. The molecule has 6 heteroatoms. The van der Waals surface area contributed by atoms with Gasteiger partial charge in [-0.3, -0.25) is 14.1 Å². The van der Waals surface area contributed by atoms with Crippen LogP contribution in [0.5, 0.6) is 0 Å². The van der Waals surface area contributed by atoms with Gasteiger partial charge in [0.15, 0.2) is 0 Å². The van der Waals surface area contributed by atoms with Crippen LogP contribution in [0.3, 0.4) is 0 Å². The summed E-state index contributed by atoms with van der Waals surface area (Å²) < 4.78 is 1.85. The van der Waals surface area contributed by atoms with Gasteiger partial charge in [0.2, 0.25) is 5.78 Å². The number of carboxylic acids is 1. The van der Waals surface area contributed by atoms with Crippen LogP contribution in [0.25, 0.3) is 5.78 Å². The van der Waals surface area contributed by atoms with Crippen molar-refractivity contribution in [2.75, 3.05) is 13.6 Å². The van der Waals surface area contributed by atoms with Gasteiger partial charge in [-0.25, -0.2) is 9.97 Å². The van der Waals surface area contributed by atoms with Gasteiger partial charge in [-0.15, -0.1) is 0 Å². The molecule has 0 aliphatic carbocycles. The summed E-state index contributed by atoms with van der Waals surface area (Å²) in [7, 11) is 1.89. The normalized spacial score (nSPS) is 13.1. The molecule has 0 aromatic carbocycles. The number of carboxylic acid groups (broad SMARTS) is 1. The number of rotatable bonds is 5. The minimum Gasteiger partial charge on any atom is -0.481 e. The predicted molar refractivity (Wildman–Crippen MR) is 66.1 cm³/mol. The Kier molecular flexibility index (Phi) is 3.57. The summed E-state index contributed by atoms with van der Waals surface area (Å²) in [4.78, 5) is 21.2. The second-order valence-electron chi connectivity index (χ2n) is 4.50. The maximum absolute atomic E-state index is 10.8. The number of fused-ring (bicyclic) bond motifs is 1. The molecule has 6 nitrogen and oxygen atoms in total. The summed E-state index contributed by atoms with van der Waals surface area (Å²) in [6, 6.07) is 1.84. The van der Waals surface area contributed by atoms with Crippen LogP contribution < -0.4 is 0 Å². The lowest BCUT2D eigenvalue weighted by atomic mass is 10.2. The summed E-state index contributed by atoms with van der Waals surface area (Å²) in [5.74, 6) is -0.504. The highest BCUT2D eigenvalue weighted by Gasteiger charge is 2.14. The third-order valence-electron chi connectivity index (χ3n) is 2.72. The Morgan fingerprint density at radius 1 is 1.61 bits per heavy atom. The maximum atomic E-state index is 10.8. The number of aromatic nitrogens is 3. The van der Waals surface area contributed by atoms with E-state index in [0.717, 1.165) is 5.69 Å². The van der Waals surface area contributed by atoms with Crippen molar-refractivity contribution in [3.05, 3.63) is 30.4 Å². The average molecular weight is 248 g/mol. The quantitative estimate of drug-likeness (QED) is 0.850. The Balaban J connectivity index is 2.02. The summed E-state index contributed by atoms with van der Waals surface area (Å²) in [6.45, 7) is 2.81. The fourth-order valence-corrected chi connectivity index (χ4v) is 1.84. The van der Waals surface area contributed by atoms with E-state index in [2.05, 4.69) is 9.97 Å². The van der Waals surface area contributed by atoms with Crippen molar-refractivity contribution in [1.29, 1.82) is 0 Å². The molecular formula is C12H16N4O2.